The van der Waals surface area contributed by atoms with Crippen LogP contribution < -0.4 is 9.47 Å². The SMILES string of the molecule is CC.N#CCCN1C2CC[C@H]1CC(Oc1ccc(C(F)(F)F)cc1OCC1CC1)C2. The molecule has 30 heavy (non-hydrogen) atoms. The number of ether oxygens (including phenoxy) is 2. The molecule has 1 aromatic carbocycles. The van der Waals surface area contributed by atoms with Crippen LogP contribution in [0.5, 0.6) is 11.5 Å². The van der Waals surface area contributed by atoms with Gasteiger partial charge in [-0.15, -0.1) is 0 Å². The smallest absolute Gasteiger partial charge is 0.416 e. The van der Waals surface area contributed by atoms with Crippen LogP contribution >= 0.6 is 0 Å². The molecule has 4 nitrogen and oxygen atoms in total. The molecule has 0 amide bonds. The summed E-state index contributed by atoms with van der Waals surface area (Å²) in [5.74, 6) is 1.05. The summed E-state index contributed by atoms with van der Waals surface area (Å²) in [7, 11) is 0. The standard InChI is InChI=1S/C21H25F3N2O2.C2H6/c22-21(23,24)15-4-7-19(20(10-15)27-13-14-2-3-14)28-18-11-16-5-6-17(12-18)26(16)9-1-8-25;1-2/h4,7,10,14,16-18H,1-3,5-6,9,11-13H2;1-2H3/t16-,17?,18?;/m0./s1. The Morgan fingerprint density at radius 3 is 2.30 bits per heavy atom. The molecule has 4 rings (SSSR count). The number of rotatable bonds is 7. The average Bonchev–Trinajstić information content (AvgIpc) is 3.52. The summed E-state index contributed by atoms with van der Waals surface area (Å²) in [5, 5.41) is 8.85. The van der Waals surface area contributed by atoms with Crippen molar-refractivity contribution in [2.45, 2.75) is 83.2 Å². The topological polar surface area (TPSA) is 45.5 Å². The number of hydrogen-bond acceptors (Lipinski definition) is 4. The molecule has 2 heterocycles. The van der Waals surface area contributed by atoms with E-state index in [4.69, 9.17) is 14.7 Å². The summed E-state index contributed by atoms with van der Waals surface area (Å²) in [6.45, 7) is 5.23. The van der Waals surface area contributed by atoms with E-state index in [1.807, 2.05) is 13.8 Å². The molecule has 2 aliphatic heterocycles. The monoisotopic (exact) mass is 424 g/mol. The molecular weight excluding hydrogens is 393 g/mol. The second-order valence-corrected chi connectivity index (χ2v) is 8.16. The van der Waals surface area contributed by atoms with E-state index in [0.717, 1.165) is 57.2 Å². The van der Waals surface area contributed by atoms with E-state index in [1.54, 1.807) is 0 Å². The minimum atomic E-state index is -4.40. The van der Waals surface area contributed by atoms with Gasteiger partial charge in [0.25, 0.3) is 0 Å². The maximum Gasteiger partial charge on any atom is 0.416 e. The highest BCUT2D eigenvalue weighted by molar-refractivity contribution is 5.44. The number of piperidine rings is 1. The molecule has 0 spiro atoms. The van der Waals surface area contributed by atoms with Crippen molar-refractivity contribution in [2.75, 3.05) is 13.2 Å². The quantitative estimate of drug-likeness (QED) is 0.554. The van der Waals surface area contributed by atoms with Crippen molar-refractivity contribution in [3.05, 3.63) is 23.8 Å². The van der Waals surface area contributed by atoms with Crippen LogP contribution in [0.3, 0.4) is 0 Å². The fourth-order valence-corrected chi connectivity index (χ4v) is 4.43. The van der Waals surface area contributed by atoms with Gasteiger partial charge in [0.2, 0.25) is 0 Å². The lowest BCUT2D eigenvalue weighted by Gasteiger charge is -2.38. The Kier molecular flexibility index (Phi) is 7.51. The summed E-state index contributed by atoms with van der Waals surface area (Å²) < 4.78 is 51.2. The van der Waals surface area contributed by atoms with E-state index in [-0.39, 0.29) is 11.9 Å². The molecular formula is C23H31F3N2O2. The van der Waals surface area contributed by atoms with E-state index < -0.39 is 11.7 Å². The fraction of sp³-hybridized carbons (Fsp3) is 0.696. The van der Waals surface area contributed by atoms with Crippen LogP contribution in [0.4, 0.5) is 13.2 Å². The van der Waals surface area contributed by atoms with Gasteiger partial charge in [-0.3, -0.25) is 4.90 Å². The van der Waals surface area contributed by atoms with Gasteiger partial charge in [-0.2, -0.15) is 18.4 Å². The molecule has 2 unspecified atom stereocenters. The normalized spacial score (nSPS) is 25.8. The van der Waals surface area contributed by atoms with Crippen LogP contribution in [0.15, 0.2) is 18.2 Å². The lowest BCUT2D eigenvalue weighted by Crippen LogP contribution is -2.46. The van der Waals surface area contributed by atoms with Gasteiger partial charge >= 0.3 is 6.18 Å². The highest BCUT2D eigenvalue weighted by Crippen LogP contribution is 2.41. The molecule has 3 aliphatic rings. The molecule has 166 valence electrons. The van der Waals surface area contributed by atoms with Crippen molar-refractivity contribution >= 4 is 0 Å². The molecule has 2 saturated heterocycles. The fourth-order valence-electron chi connectivity index (χ4n) is 4.43. The number of halogens is 3. The van der Waals surface area contributed by atoms with Gasteiger partial charge < -0.3 is 9.47 Å². The van der Waals surface area contributed by atoms with E-state index >= 15 is 0 Å². The minimum Gasteiger partial charge on any atom is -0.489 e. The van der Waals surface area contributed by atoms with E-state index in [1.165, 1.54) is 6.07 Å². The van der Waals surface area contributed by atoms with Crippen LogP contribution in [0, 0.1) is 17.2 Å². The summed E-state index contributed by atoms with van der Waals surface area (Å²) in [6, 6.07) is 6.52. The predicted molar refractivity (Wildman–Crippen MR) is 108 cm³/mol. The molecule has 1 aliphatic carbocycles. The largest absolute Gasteiger partial charge is 0.489 e. The third kappa shape index (κ3) is 5.60. The van der Waals surface area contributed by atoms with E-state index in [9.17, 15) is 13.2 Å². The maximum atomic E-state index is 13.1. The molecule has 2 bridgehead atoms. The molecule has 0 aromatic heterocycles. The van der Waals surface area contributed by atoms with Gasteiger partial charge in [-0.25, -0.2) is 0 Å². The van der Waals surface area contributed by atoms with Crippen LogP contribution in [-0.2, 0) is 6.18 Å². The van der Waals surface area contributed by atoms with E-state index in [2.05, 4.69) is 11.0 Å². The van der Waals surface area contributed by atoms with Crippen LogP contribution in [0.2, 0.25) is 0 Å². The van der Waals surface area contributed by atoms with E-state index in [0.29, 0.717) is 36.8 Å². The second kappa shape index (κ2) is 9.91. The zero-order valence-electron chi connectivity index (χ0n) is 17.8. The molecule has 1 saturated carbocycles. The van der Waals surface area contributed by atoms with Crippen molar-refractivity contribution in [3.63, 3.8) is 0 Å². The summed E-state index contributed by atoms with van der Waals surface area (Å²) >= 11 is 0. The Morgan fingerprint density at radius 1 is 1.07 bits per heavy atom. The van der Waals surface area contributed by atoms with Gasteiger partial charge in [0.1, 0.15) is 6.10 Å². The maximum absolute atomic E-state index is 13.1. The first kappa shape index (κ1) is 22.7. The number of nitrogens with zero attached hydrogens (tertiary/aromatic N) is 2. The van der Waals surface area contributed by atoms with Gasteiger partial charge in [0, 0.05) is 25.0 Å². The Balaban J connectivity index is 0.00000124. The number of alkyl halides is 3. The zero-order chi connectivity index (χ0) is 21.7. The molecule has 3 fully saturated rings. The first-order chi connectivity index (χ1) is 14.4. The molecule has 0 N–H and O–H groups in total. The average molecular weight is 425 g/mol. The minimum absolute atomic E-state index is 0.0316. The Hall–Kier alpha value is -1.94. The lowest BCUT2D eigenvalue weighted by molar-refractivity contribution is -0.137. The van der Waals surface area contributed by atoms with Crippen molar-refractivity contribution in [1.82, 2.24) is 4.90 Å². The van der Waals surface area contributed by atoms with Crippen LogP contribution in [0.1, 0.15) is 64.4 Å². The van der Waals surface area contributed by atoms with Crippen molar-refractivity contribution in [3.8, 4) is 17.6 Å². The Labute approximate surface area is 176 Å². The molecule has 7 heteroatoms. The molecule has 0 radical (unpaired) electrons. The first-order valence-corrected chi connectivity index (χ1v) is 11.1. The highest BCUT2D eigenvalue weighted by atomic mass is 19.4. The van der Waals surface area contributed by atoms with Crippen molar-refractivity contribution in [2.24, 2.45) is 5.92 Å². The van der Waals surface area contributed by atoms with Crippen LogP contribution in [-0.4, -0.2) is 36.2 Å². The summed E-state index contributed by atoms with van der Waals surface area (Å²) in [5.41, 5.74) is -0.711. The van der Waals surface area contributed by atoms with Crippen LogP contribution in [0.25, 0.3) is 0 Å². The summed E-state index contributed by atoms with van der Waals surface area (Å²) in [6.07, 6.45) is 2.09. The zero-order valence-corrected chi connectivity index (χ0v) is 17.8. The number of benzene rings is 1. The third-order valence-electron chi connectivity index (χ3n) is 6.06. The Morgan fingerprint density at radius 2 is 1.73 bits per heavy atom. The number of nitriles is 1. The third-order valence-corrected chi connectivity index (χ3v) is 6.06. The van der Waals surface area contributed by atoms with Gasteiger partial charge in [0.15, 0.2) is 11.5 Å². The molecule has 3 atom stereocenters. The van der Waals surface area contributed by atoms with Crippen molar-refractivity contribution < 1.29 is 22.6 Å². The molecule has 1 aromatic rings. The highest BCUT2D eigenvalue weighted by Gasteiger charge is 2.41. The Bertz CT molecular complexity index is 729. The number of hydrogen-bond donors (Lipinski definition) is 0. The lowest BCUT2D eigenvalue weighted by atomic mass is 9.99. The summed E-state index contributed by atoms with van der Waals surface area (Å²) in [4.78, 5) is 2.40. The number of fused-ring (bicyclic) bond motifs is 2. The van der Waals surface area contributed by atoms with Gasteiger partial charge in [0.05, 0.1) is 18.2 Å². The predicted octanol–water partition coefficient (Wildman–Crippen LogP) is 5.81. The first-order valence-electron chi connectivity index (χ1n) is 11.1. The second-order valence-electron chi connectivity index (χ2n) is 8.16. The van der Waals surface area contributed by atoms with Gasteiger partial charge in [-0.1, -0.05) is 13.8 Å². The van der Waals surface area contributed by atoms with Crippen molar-refractivity contribution in [1.29, 1.82) is 5.26 Å². The van der Waals surface area contributed by atoms with Gasteiger partial charge in [-0.05, 0) is 62.6 Å².